The molecule has 0 saturated heterocycles. The van der Waals surface area contributed by atoms with Crippen LogP contribution >= 0.6 is 0 Å². The molecule has 3 heterocycles. The van der Waals surface area contributed by atoms with Crippen molar-refractivity contribution in [1.82, 2.24) is 4.98 Å². The van der Waals surface area contributed by atoms with E-state index in [1.807, 2.05) is 53.8 Å². The molecule has 6 aromatic rings. The van der Waals surface area contributed by atoms with Gasteiger partial charge in [-0.2, -0.15) is 0 Å². The first-order chi connectivity index (χ1) is 25.5. The summed E-state index contributed by atoms with van der Waals surface area (Å²) in [6.45, 7) is 25.4. The Balaban J connectivity index is 0.000000320. The fraction of sp³-hybridized carbons (Fsp3) is 0.429. The van der Waals surface area contributed by atoms with Crippen molar-refractivity contribution in [2.75, 3.05) is 0 Å². The van der Waals surface area contributed by atoms with Gasteiger partial charge in [0.25, 0.3) is 0 Å². The summed E-state index contributed by atoms with van der Waals surface area (Å²) in [5, 5.41) is 14.6. The molecule has 3 aromatic heterocycles. The smallest absolute Gasteiger partial charge is 0.172 e. The molecule has 5 nitrogen and oxygen atoms in total. The van der Waals surface area contributed by atoms with Gasteiger partial charge in [-0.05, 0) is 80.2 Å². The topological polar surface area (TPSA) is 76.5 Å². The summed E-state index contributed by atoms with van der Waals surface area (Å²) in [7, 11) is 0. The number of carbonyl (C=O) groups is 1. The number of aryl methyl sites for hydroxylation is 1. The minimum Gasteiger partial charge on any atom is -0.512 e. The molecule has 6 rings (SSSR count). The second-order valence-electron chi connectivity index (χ2n) is 17.0. The third kappa shape index (κ3) is 9.19. The number of hydrogen-bond donors (Lipinski definition) is 1. The maximum absolute atomic E-state index is 12.2. The minimum absolute atomic E-state index is 0. The first-order valence-corrected chi connectivity index (χ1v) is 19.8. The molecule has 1 radical (unpaired) electrons. The van der Waals surface area contributed by atoms with Crippen LogP contribution in [0.15, 0.2) is 87.5 Å². The third-order valence-electron chi connectivity index (χ3n) is 11.7. The predicted octanol–water partition coefficient (Wildman–Crippen LogP) is 14.3. The molecule has 0 atom stereocenters. The van der Waals surface area contributed by atoms with Crippen LogP contribution in [0.1, 0.15) is 119 Å². The molecular formula is C49H60IrNO4-. The summed E-state index contributed by atoms with van der Waals surface area (Å²) in [5.74, 6) is 2.39. The maximum Gasteiger partial charge on any atom is 0.172 e. The Labute approximate surface area is 342 Å². The van der Waals surface area contributed by atoms with Crippen LogP contribution < -0.4 is 0 Å². The Bertz CT molecular complexity index is 2290. The number of aromatic nitrogens is 1. The van der Waals surface area contributed by atoms with Crippen molar-refractivity contribution in [2.24, 2.45) is 16.7 Å². The zero-order valence-corrected chi connectivity index (χ0v) is 37.4. The minimum atomic E-state index is -0.337. The molecule has 0 fully saturated rings. The average Bonchev–Trinajstić information content (AvgIpc) is 3.73. The molecule has 3 aromatic carbocycles. The Morgan fingerprint density at radius 3 is 2.13 bits per heavy atom. The number of allylic oxidation sites excluding steroid dienone is 2. The van der Waals surface area contributed by atoms with Crippen molar-refractivity contribution >= 4 is 38.5 Å². The van der Waals surface area contributed by atoms with Gasteiger partial charge in [0.05, 0.1) is 0 Å². The van der Waals surface area contributed by atoms with Gasteiger partial charge in [-0.15, -0.1) is 29.1 Å². The van der Waals surface area contributed by atoms with Crippen molar-refractivity contribution in [3.63, 3.8) is 0 Å². The zero-order chi connectivity index (χ0) is 39.6. The predicted molar refractivity (Wildman–Crippen MR) is 226 cm³/mol. The fourth-order valence-corrected chi connectivity index (χ4v) is 7.04. The van der Waals surface area contributed by atoms with Crippen LogP contribution in [-0.2, 0) is 36.7 Å². The number of aliphatic hydroxyl groups excluding tert-OH is 1. The van der Waals surface area contributed by atoms with E-state index in [-0.39, 0.29) is 47.9 Å². The SMILES string of the molecule is CCC(C)(CC)C(=O)/C=C(\O)C(C)(CC)CC.Cc1c(-c2cc3cc(CC(C)C)ccc3o2)oc2c(-c3[c-]c4ccccc4c(C(C)(C)C)c3)nccc12.[Ir]. The van der Waals surface area contributed by atoms with E-state index >= 15 is 0 Å². The molecule has 6 heteroatoms. The van der Waals surface area contributed by atoms with Gasteiger partial charge in [0.2, 0.25) is 0 Å². The van der Waals surface area contributed by atoms with Crippen LogP contribution in [0.5, 0.6) is 0 Å². The quantitative estimate of drug-likeness (QED) is 0.0796. The molecule has 0 spiro atoms. The van der Waals surface area contributed by atoms with Crippen LogP contribution in [0, 0.1) is 29.7 Å². The normalized spacial score (nSPS) is 12.6. The monoisotopic (exact) mass is 919 g/mol. The molecule has 0 aliphatic rings. The Hall–Kier alpha value is -3.99. The molecule has 295 valence electrons. The second-order valence-corrected chi connectivity index (χ2v) is 17.0. The van der Waals surface area contributed by atoms with Crippen LogP contribution in [0.4, 0.5) is 0 Å². The van der Waals surface area contributed by atoms with E-state index in [1.54, 1.807) is 0 Å². The molecule has 0 unspecified atom stereocenters. The first kappa shape index (κ1) is 43.7. The zero-order valence-electron chi connectivity index (χ0n) is 35.0. The number of pyridine rings is 1. The molecule has 0 amide bonds. The molecule has 0 aliphatic heterocycles. The molecule has 55 heavy (non-hydrogen) atoms. The summed E-state index contributed by atoms with van der Waals surface area (Å²) in [6.07, 6.45) is 7.67. The van der Waals surface area contributed by atoms with Gasteiger partial charge in [0.15, 0.2) is 17.3 Å². The van der Waals surface area contributed by atoms with Crippen molar-refractivity contribution < 1.29 is 38.8 Å². The van der Waals surface area contributed by atoms with Gasteiger partial charge < -0.3 is 13.9 Å². The Morgan fingerprint density at radius 2 is 1.51 bits per heavy atom. The van der Waals surface area contributed by atoms with Gasteiger partial charge in [-0.25, -0.2) is 0 Å². The van der Waals surface area contributed by atoms with Crippen LogP contribution in [0.3, 0.4) is 0 Å². The van der Waals surface area contributed by atoms with Crippen LogP contribution in [0.25, 0.3) is 55.5 Å². The van der Waals surface area contributed by atoms with E-state index in [1.165, 1.54) is 22.6 Å². The van der Waals surface area contributed by atoms with Gasteiger partial charge in [0, 0.05) is 65.2 Å². The number of benzene rings is 3. The van der Waals surface area contributed by atoms with Gasteiger partial charge in [-0.3, -0.25) is 9.78 Å². The van der Waals surface area contributed by atoms with E-state index < -0.39 is 0 Å². The van der Waals surface area contributed by atoms with Gasteiger partial charge in [0.1, 0.15) is 16.9 Å². The number of ketones is 1. The Kier molecular flexibility index (Phi) is 13.9. The number of nitrogens with zero attached hydrogens (tertiary/aromatic N) is 1. The second kappa shape index (κ2) is 17.4. The molecule has 0 bridgehead atoms. The summed E-state index contributed by atoms with van der Waals surface area (Å²) < 4.78 is 12.8. The van der Waals surface area contributed by atoms with Crippen molar-refractivity contribution in [1.29, 1.82) is 0 Å². The maximum atomic E-state index is 12.2. The molecular weight excluding hydrogens is 859 g/mol. The van der Waals surface area contributed by atoms with E-state index in [2.05, 4.69) is 102 Å². The Morgan fingerprint density at radius 1 is 0.855 bits per heavy atom. The average molecular weight is 919 g/mol. The van der Waals surface area contributed by atoms with Crippen molar-refractivity contribution in [3.8, 4) is 22.8 Å². The largest absolute Gasteiger partial charge is 0.512 e. The van der Waals surface area contributed by atoms with Crippen molar-refractivity contribution in [2.45, 2.75) is 121 Å². The number of furan rings is 2. The van der Waals surface area contributed by atoms with Gasteiger partial charge >= 0.3 is 0 Å². The van der Waals surface area contributed by atoms with E-state index in [0.717, 1.165) is 87.8 Å². The summed E-state index contributed by atoms with van der Waals surface area (Å²) in [5.41, 5.74) is 6.41. The third-order valence-corrected chi connectivity index (χ3v) is 11.7. The summed E-state index contributed by atoms with van der Waals surface area (Å²) in [6, 6.07) is 24.9. The number of rotatable bonds is 11. The molecule has 0 saturated carbocycles. The van der Waals surface area contributed by atoms with Crippen LogP contribution in [0.2, 0.25) is 0 Å². The number of hydrogen-bond acceptors (Lipinski definition) is 5. The van der Waals surface area contributed by atoms with Crippen LogP contribution in [-0.4, -0.2) is 15.9 Å². The summed E-state index contributed by atoms with van der Waals surface area (Å²) >= 11 is 0. The van der Waals surface area contributed by atoms with Crippen molar-refractivity contribution in [3.05, 3.63) is 101 Å². The number of fused-ring (bicyclic) bond motifs is 3. The number of aliphatic hydroxyl groups is 1. The first-order valence-electron chi connectivity index (χ1n) is 19.8. The van der Waals surface area contributed by atoms with Gasteiger partial charge in [-0.1, -0.05) is 111 Å². The van der Waals surface area contributed by atoms with E-state index in [0.29, 0.717) is 5.92 Å². The standard InChI is InChI=1S/C34H32NO2.C15H28O2.Ir/c1-20(2)15-22-11-12-29-24(16-22)19-30(36-29)32-21(3)26-13-14-35-31(33(26)37-32)25-17-23-9-7-8-10-27(23)28(18-25)34(4,5)6;1-7-14(5,8-2)12(16)11-13(17)15(6,9-3)10-4;/h7-14,16,18-20H,15H2,1-6H3;11,16H,7-10H2,1-6H3;/q-1;;/b;12-11-;. The molecule has 0 aliphatic carbocycles. The number of carbonyl (C=O) groups excluding carboxylic acids is 1. The van der Waals surface area contributed by atoms with E-state index in [4.69, 9.17) is 13.8 Å². The molecule has 1 N–H and O–H groups in total. The van der Waals surface area contributed by atoms with E-state index in [9.17, 15) is 9.90 Å². The summed E-state index contributed by atoms with van der Waals surface area (Å²) in [4.78, 5) is 17.0. The fourth-order valence-electron chi connectivity index (χ4n) is 7.04.